The van der Waals surface area contributed by atoms with Crippen LogP contribution in [0.5, 0.6) is 0 Å². The summed E-state index contributed by atoms with van der Waals surface area (Å²) in [7, 11) is 1.85. The molecule has 0 saturated heterocycles. The van der Waals surface area contributed by atoms with Gasteiger partial charge in [-0.3, -0.25) is 4.79 Å². The van der Waals surface area contributed by atoms with Gasteiger partial charge in [0.05, 0.1) is 11.9 Å². The molecule has 0 atom stereocenters. The summed E-state index contributed by atoms with van der Waals surface area (Å²) < 4.78 is 1.82. The van der Waals surface area contributed by atoms with Crippen LogP contribution in [-0.2, 0) is 7.05 Å². The van der Waals surface area contributed by atoms with Crippen molar-refractivity contribution in [2.45, 2.75) is 6.92 Å². The molecular formula is C12H12N2O. The lowest BCUT2D eigenvalue weighted by atomic mass is 10.2. The predicted molar refractivity (Wildman–Crippen MR) is 58.6 cm³/mol. The van der Waals surface area contributed by atoms with E-state index in [4.69, 9.17) is 0 Å². The highest BCUT2D eigenvalue weighted by molar-refractivity contribution is 5.91. The molecule has 0 spiro atoms. The van der Waals surface area contributed by atoms with Crippen LogP contribution in [0, 0.1) is 0 Å². The number of hydrogen-bond acceptors (Lipinski definition) is 2. The van der Waals surface area contributed by atoms with E-state index in [0.717, 1.165) is 11.3 Å². The monoisotopic (exact) mass is 200 g/mol. The van der Waals surface area contributed by atoms with Gasteiger partial charge >= 0.3 is 0 Å². The fourth-order valence-corrected chi connectivity index (χ4v) is 1.61. The van der Waals surface area contributed by atoms with Crippen LogP contribution in [0.15, 0.2) is 36.5 Å². The summed E-state index contributed by atoms with van der Waals surface area (Å²) in [4.78, 5) is 15.3. The number of benzene rings is 1. The van der Waals surface area contributed by atoms with E-state index >= 15 is 0 Å². The first kappa shape index (κ1) is 9.65. The topological polar surface area (TPSA) is 34.9 Å². The van der Waals surface area contributed by atoms with E-state index in [1.54, 1.807) is 6.20 Å². The molecule has 0 aliphatic carbocycles. The van der Waals surface area contributed by atoms with E-state index in [2.05, 4.69) is 4.98 Å². The molecule has 15 heavy (non-hydrogen) atoms. The molecule has 0 unspecified atom stereocenters. The summed E-state index contributed by atoms with van der Waals surface area (Å²) in [6.45, 7) is 1.52. The van der Waals surface area contributed by atoms with E-state index in [1.165, 1.54) is 6.92 Å². The Morgan fingerprint density at radius 1 is 1.27 bits per heavy atom. The summed E-state index contributed by atoms with van der Waals surface area (Å²) in [5, 5.41) is 0. The number of hydrogen-bond donors (Lipinski definition) is 0. The van der Waals surface area contributed by atoms with Crippen LogP contribution < -0.4 is 0 Å². The van der Waals surface area contributed by atoms with Gasteiger partial charge in [-0.2, -0.15) is 0 Å². The minimum atomic E-state index is -0.0142. The van der Waals surface area contributed by atoms with E-state index < -0.39 is 0 Å². The molecule has 3 heteroatoms. The number of carbonyl (C=O) groups is 1. The SMILES string of the molecule is CC(=O)c1ncc(-c2ccccc2)n1C. The fraction of sp³-hybridized carbons (Fsp3) is 0.167. The molecule has 0 radical (unpaired) electrons. The van der Waals surface area contributed by atoms with Gasteiger partial charge in [-0.1, -0.05) is 30.3 Å². The molecule has 0 bridgehead atoms. The average Bonchev–Trinajstić information content (AvgIpc) is 2.61. The third-order valence-corrected chi connectivity index (χ3v) is 2.37. The molecule has 3 nitrogen and oxygen atoms in total. The third kappa shape index (κ3) is 1.68. The first-order valence-corrected chi connectivity index (χ1v) is 4.78. The van der Waals surface area contributed by atoms with Gasteiger partial charge in [-0.15, -0.1) is 0 Å². The van der Waals surface area contributed by atoms with E-state index in [-0.39, 0.29) is 5.78 Å². The highest BCUT2D eigenvalue weighted by Gasteiger charge is 2.10. The van der Waals surface area contributed by atoms with Crippen molar-refractivity contribution in [1.29, 1.82) is 0 Å². The molecule has 1 heterocycles. The normalized spacial score (nSPS) is 10.3. The summed E-state index contributed by atoms with van der Waals surface area (Å²) >= 11 is 0. The maximum atomic E-state index is 11.2. The van der Waals surface area contributed by atoms with Crippen LogP contribution in [0.1, 0.15) is 17.5 Å². The quantitative estimate of drug-likeness (QED) is 0.697. The Morgan fingerprint density at radius 2 is 1.93 bits per heavy atom. The zero-order valence-electron chi connectivity index (χ0n) is 8.77. The van der Waals surface area contributed by atoms with E-state index in [1.807, 2.05) is 41.9 Å². The standard InChI is InChI=1S/C12H12N2O/c1-9(15)12-13-8-11(14(12)2)10-6-4-3-5-7-10/h3-8H,1-2H3. The van der Waals surface area contributed by atoms with Gasteiger partial charge in [-0.25, -0.2) is 4.98 Å². The molecule has 0 fully saturated rings. The van der Waals surface area contributed by atoms with Crippen LogP contribution in [0.25, 0.3) is 11.3 Å². The second-order valence-corrected chi connectivity index (χ2v) is 3.45. The maximum Gasteiger partial charge on any atom is 0.195 e. The van der Waals surface area contributed by atoms with Crippen molar-refractivity contribution >= 4 is 5.78 Å². The minimum Gasteiger partial charge on any atom is -0.325 e. The molecule has 0 amide bonds. The van der Waals surface area contributed by atoms with Crippen molar-refractivity contribution in [1.82, 2.24) is 9.55 Å². The fourth-order valence-electron chi connectivity index (χ4n) is 1.61. The van der Waals surface area contributed by atoms with Gasteiger partial charge in [-0.05, 0) is 5.56 Å². The zero-order chi connectivity index (χ0) is 10.8. The van der Waals surface area contributed by atoms with E-state index in [0.29, 0.717) is 5.82 Å². The maximum absolute atomic E-state index is 11.2. The smallest absolute Gasteiger partial charge is 0.195 e. The summed E-state index contributed by atoms with van der Waals surface area (Å²) in [5.41, 5.74) is 2.03. The average molecular weight is 200 g/mol. The predicted octanol–water partition coefficient (Wildman–Crippen LogP) is 2.29. The van der Waals surface area contributed by atoms with Crippen molar-refractivity contribution in [3.8, 4) is 11.3 Å². The Balaban J connectivity index is 2.52. The van der Waals surface area contributed by atoms with Crippen molar-refractivity contribution in [3.63, 3.8) is 0 Å². The molecule has 0 N–H and O–H groups in total. The lowest BCUT2D eigenvalue weighted by Gasteiger charge is -2.03. The minimum absolute atomic E-state index is 0.0142. The molecule has 76 valence electrons. The first-order chi connectivity index (χ1) is 7.20. The Labute approximate surface area is 88.4 Å². The molecular weight excluding hydrogens is 188 g/mol. The number of rotatable bonds is 2. The third-order valence-electron chi connectivity index (χ3n) is 2.37. The molecule has 0 aliphatic rings. The molecule has 2 rings (SSSR count). The van der Waals surface area contributed by atoms with Gasteiger partial charge in [0.1, 0.15) is 0 Å². The number of nitrogens with zero attached hydrogens (tertiary/aromatic N) is 2. The lowest BCUT2D eigenvalue weighted by molar-refractivity contribution is 0.100. The number of ketones is 1. The molecule has 1 aromatic heterocycles. The zero-order valence-corrected chi connectivity index (χ0v) is 8.77. The Kier molecular flexibility index (Phi) is 2.37. The van der Waals surface area contributed by atoms with Crippen molar-refractivity contribution in [2.75, 3.05) is 0 Å². The van der Waals surface area contributed by atoms with Crippen LogP contribution in [0.2, 0.25) is 0 Å². The highest BCUT2D eigenvalue weighted by atomic mass is 16.1. The van der Waals surface area contributed by atoms with Crippen molar-refractivity contribution in [3.05, 3.63) is 42.4 Å². The highest BCUT2D eigenvalue weighted by Crippen LogP contribution is 2.19. The Hall–Kier alpha value is -1.90. The number of imidazole rings is 1. The second kappa shape index (κ2) is 3.69. The molecule has 1 aromatic carbocycles. The molecule has 0 aliphatic heterocycles. The molecule has 2 aromatic rings. The van der Waals surface area contributed by atoms with Gasteiger partial charge < -0.3 is 4.57 Å². The molecule has 0 saturated carbocycles. The number of Topliss-reactive ketones (excluding diaryl/α,β-unsaturated/α-hetero) is 1. The number of aromatic nitrogens is 2. The van der Waals surface area contributed by atoms with Gasteiger partial charge in [0.25, 0.3) is 0 Å². The first-order valence-electron chi connectivity index (χ1n) is 4.78. The van der Waals surface area contributed by atoms with Gasteiger partial charge in [0.2, 0.25) is 0 Å². The summed E-state index contributed by atoms with van der Waals surface area (Å²) in [5.74, 6) is 0.480. The Bertz CT molecular complexity index is 486. The van der Waals surface area contributed by atoms with Crippen molar-refractivity contribution in [2.24, 2.45) is 7.05 Å². The van der Waals surface area contributed by atoms with Gasteiger partial charge in [0, 0.05) is 14.0 Å². The Morgan fingerprint density at radius 3 is 2.47 bits per heavy atom. The second-order valence-electron chi connectivity index (χ2n) is 3.45. The van der Waals surface area contributed by atoms with Crippen LogP contribution in [0.3, 0.4) is 0 Å². The van der Waals surface area contributed by atoms with Crippen LogP contribution in [0.4, 0.5) is 0 Å². The van der Waals surface area contributed by atoms with E-state index in [9.17, 15) is 4.79 Å². The van der Waals surface area contributed by atoms with Crippen LogP contribution in [-0.4, -0.2) is 15.3 Å². The van der Waals surface area contributed by atoms with Crippen LogP contribution >= 0.6 is 0 Å². The number of carbonyl (C=O) groups excluding carboxylic acids is 1. The summed E-state index contributed by atoms with van der Waals surface area (Å²) in [6.07, 6.45) is 1.73. The summed E-state index contributed by atoms with van der Waals surface area (Å²) in [6, 6.07) is 9.90. The van der Waals surface area contributed by atoms with Gasteiger partial charge in [0.15, 0.2) is 11.6 Å². The van der Waals surface area contributed by atoms with Crippen molar-refractivity contribution < 1.29 is 4.79 Å². The largest absolute Gasteiger partial charge is 0.325 e. The lowest BCUT2D eigenvalue weighted by Crippen LogP contribution is -2.04.